The van der Waals surface area contributed by atoms with Gasteiger partial charge in [-0.2, -0.15) is 0 Å². The van der Waals surface area contributed by atoms with Crippen LogP contribution in [0.3, 0.4) is 0 Å². The van der Waals surface area contributed by atoms with E-state index >= 15 is 0 Å². The van der Waals surface area contributed by atoms with Crippen LogP contribution in [-0.4, -0.2) is 26.5 Å². The number of hydrogen-bond acceptors (Lipinski definition) is 4. The van der Waals surface area contributed by atoms with Gasteiger partial charge in [0.05, 0.1) is 21.9 Å². The molecule has 3 rings (SSSR count). The van der Waals surface area contributed by atoms with Crippen LogP contribution in [0.5, 0.6) is 0 Å². The Bertz CT molecular complexity index is 725. The van der Waals surface area contributed by atoms with E-state index in [2.05, 4.69) is 0 Å². The minimum atomic E-state index is -1.49. The number of imide groups is 1. The standard InChI is InChI=1S/C16H13NO4S/c1-11(22(20)12-7-3-2-4-8-12)21-17-15(18)13-9-5-6-10-14(13)16(17)19/h2-11H,1H3. The molecule has 0 radical (unpaired) electrons. The lowest BCUT2D eigenvalue weighted by Crippen LogP contribution is -2.35. The van der Waals surface area contributed by atoms with Gasteiger partial charge in [0.25, 0.3) is 11.8 Å². The largest absolute Gasteiger partial charge is 0.285 e. The van der Waals surface area contributed by atoms with Crippen LogP contribution >= 0.6 is 0 Å². The molecule has 0 aromatic heterocycles. The highest BCUT2D eigenvalue weighted by Gasteiger charge is 2.38. The fraction of sp³-hybridized carbons (Fsp3) is 0.125. The predicted molar refractivity (Wildman–Crippen MR) is 80.3 cm³/mol. The molecule has 22 heavy (non-hydrogen) atoms. The molecule has 0 N–H and O–H groups in total. The van der Waals surface area contributed by atoms with Gasteiger partial charge in [-0.25, -0.2) is 4.84 Å². The Labute approximate surface area is 129 Å². The van der Waals surface area contributed by atoms with Crippen molar-refractivity contribution in [3.05, 3.63) is 65.7 Å². The topological polar surface area (TPSA) is 63.7 Å². The van der Waals surface area contributed by atoms with Gasteiger partial charge in [-0.1, -0.05) is 30.3 Å². The zero-order valence-corrected chi connectivity index (χ0v) is 12.6. The summed E-state index contributed by atoms with van der Waals surface area (Å²) in [6.07, 6.45) is 0. The van der Waals surface area contributed by atoms with E-state index in [1.807, 2.05) is 6.07 Å². The molecule has 2 amide bonds. The summed E-state index contributed by atoms with van der Waals surface area (Å²) in [6, 6.07) is 15.3. The first-order valence-electron chi connectivity index (χ1n) is 6.70. The van der Waals surface area contributed by atoms with Gasteiger partial charge in [-0.05, 0) is 31.2 Å². The Morgan fingerprint density at radius 1 is 0.909 bits per heavy atom. The third kappa shape index (κ3) is 2.47. The Morgan fingerprint density at radius 3 is 1.95 bits per heavy atom. The van der Waals surface area contributed by atoms with Crippen LogP contribution in [0, 0.1) is 0 Å². The number of carbonyl (C=O) groups excluding carboxylic acids is 2. The van der Waals surface area contributed by atoms with E-state index in [0.717, 1.165) is 0 Å². The second-order valence-corrected chi connectivity index (χ2v) is 6.46. The lowest BCUT2D eigenvalue weighted by molar-refractivity contribution is -0.0992. The molecule has 2 unspecified atom stereocenters. The normalized spacial score (nSPS) is 16.5. The van der Waals surface area contributed by atoms with E-state index in [9.17, 15) is 13.8 Å². The Kier molecular flexibility index (Phi) is 3.87. The van der Waals surface area contributed by atoms with Gasteiger partial charge in [-0.3, -0.25) is 13.8 Å². The smallest absolute Gasteiger partial charge is 0.266 e. The molecular weight excluding hydrogens is 302 g/mol. The third-order valence-electron chi connectivity index (χ3n) is 3.29. The van der Waals surface area contributed by atoms with Crippen molar-refractivity contribution in [3.63, 3.8) is 0 Å². The summed E-state index contributed by atoms with van der Waals surface area (Å²) in [5.74, 6) is -1.06. The molecule has 112 valence electrons. The van der Waals surface area contributed by atoms with Crippen LogP contribution in [0.25, 0.3) is 0 Å². The van der Waals surface area contributed by atoms with E-state index in [0.29, 0.717) is 21.1 Å². The minimum Gasteiger partial charge on any atom is -0.266 e. The SMILES string of the molecule is CC(ON1C(=O)c2ccccc2C1=O)S(=O)c1ccccc1. The Hall–Kier alpha value is -2.31. The van der Waals surface area contributed by atoms with Crippen LogP contribution in [-0.2, 0) is 15.6 Å². The first kappa shape index (κ1) is 14.6. The van der Waals surface area contributed by atoms with E-state index in [1.54, 1.807) is 55.5 Å². The van der Waals surface area contributed by atoms with Crippen molar-refractivity contribution in [3.8, 4) is 0 Å². The number of benzene rings is 2. The molecular formula is C16H13NO4S. The zero-order valence-electron chi connectivity index (χ0n) is 11.8. The summed E-state index contributed by atoms with van der Waals surface area (Å²) in [5.41, 5.74) is -0.236. The summed E-state index contributed by atoms with van der Waals surface area (Å²) < 4.78 is 12.4. The van der Waals surface area contributed by atoms with E-state index in [4.69, 9.17) is 4.84 Å². The molecule has 2 aromatic rings. The summed E-state index contributed by atoms with van der Waals surface area (Å²) in [6.45, 7) is 1.56. The molecule has 0 saturated heterocycles. The van der Waals surface area contributed by atoms with E-state index < -0.39 is 28.0 Å². The lowest BCUT2D eigenvalue weighted by Gasteiger charge is -2.18. The van der Waals surface area contributed by atoms with E-state index in [1.165, 1.54) is 0 Å². The number of hydroxylamine groups is 2. The summed E-state index contributed by atoms with van der Waals surface area (Å²) in [7, 11) is -1.49. The fourth-order valence-electron chi connectivity index (χ4n) is 2.20. The molecule has 2 aromatic carbocycles. The van der Waals surface area contributed by atoms with Crippen molar-refractivity contribution in [1.82, 2.24) is 5.06 Å². The quantitative estimate of drug-likeness (QED) is 0.813. The summed E-state index contributed by atoms with van der Waals surface area (Å²) >= 11 is 0. The van der Waals surface area contributed by atoms with Crippen LogP contribution in [0.15, 0.2) is 59.5 Å². The molecule has 2 atom stereocenters. The van der Waals surface area contributed by atoms with Crippen molar-refractivity contribution in [2.24, 2.45) is 0 Å². The highest BCUT2D eigenvalue weighted by Crippen LogP contribution is 2.24. The molecule has 0 fully saturated rings. The summed E-state index contributed by atoms with van der Waals surface area (Å²) in [5, 5.41) is 0.691. The van der Waals surface area contributed by atoms with Gasteiger partial charge in [0, 0.05) is 4.90 Å². The number of amides is 2. The van der Waals surface area contributed by atoms with Gasteiger partial charge in [0.1, 0.15) is 0 Å². The Balaban J connectivity index is 1.79. The average Bonchev–Trinajstić information content (AvgIpc) is 2.80. The molecule has 0 spiro atoms. The molecule has 1 heterocycles. The second-order valence-electron chi connectivity index (χ2n) is 4.73. The molecule has 0 aliphatic carbocycles. The molecule has 5 nitrogen and oxygen atoms in total. The van der Waals surface area contributed by atoms with Crippen LogP contribution in [0.2, 0.25) is 0 Å². The van der Waals surface area contributed by atoms with Crippen LogP contribution in [0.4, 0.5) is 0 Å². The third-order valence-corrected chi connectivity index (χ3v) is 4.71. The van der Waals surface area contributed by atoms with Crippen molar-refractivity contribution in [2.45, 2.75) is 17.3 Å². The first-order valence-corrected chi connectivity index (χ1v) is 7.91. The lowest BCUT2D eigenvalue weighted by atomic mass is 10.1. The van der Waals surface area contributed by atoms with Gasteiger partial charge in [0.2, 0.25) is 0 Å². The zero-order chi connectivity index (χ0) is 15.7. The maximum Gasteiger partial charge on any atom is 0.285 e. The molecule has 0 saturated carbocycles. The first-order chi connectivity index (χ1) is 10.6. The molecule has 1 aliphatic rings. The van der Waals surface area contributed by atoms with Crippen molar-refractivity contribution in [2.75, 3.05) is 0 Å². The monoisotopic (exact) mass is 315 g/mol. The average molecular weight is 315 g/mol. The molecule has 6 heteroatoms. The molecule has 1 aliphatic heterocycles. The van der Waals surface area contributed by atoms with Gasteiger partial charge in [0.15, 0.2) is 5.44 Å². The number of hydrogen-bond donors (Lipinski definition) is 0. The fourth-order valence-corrected chi connectivity index (χ4v) is 3.17. The van der Waals surface area contributed by atoms with Crippen LogP contribution in [0.1, 0.15) is 27.6 Å². The van der Waals surface area contributed by atoms with Crippen molar-refractivity contribution in [1.29, 1.82) is 0 Å². The maximum absolute atomic E-state index is 12.4. The number of carbonyl (C=O) groups is 2. The minimum absolute atomic E-state index is 0.296. The van der Waals surface area contributed by atoms with Gasteiger partial charge >= 0.3 is 0 Å². The highest BCUT2D eigenvalue weighted by atomic mass is 32.2. The van der Waals surface area contributed by atoms with Crippen LogP contribution < -0.4 is 0 Å². The second kappa shape index (κ2) is 5.82. The number of rotatable bonds is 4. The highest BCUT2D eigenvalue weighted by molar-refractivity contribution is 7.85. The maximum atomic E-state index is 12.4. The van der Waals surface area contributed by atoms with Gasteiger partial charge in [-0.15, -0.1) is 5.06 Å². The Morgan fingerprint density at radius 2 is 1.41 bits per heavy atom. The van der Waals surface area contributed by atoms with Gasteiger partial charge < -0.3 is 0 Å². The van der Waals surface area contributed by atoms with E-state index in [-0.39, 0.29) is 0 Å². The van der Waals surface area contributed by atoms with Crippen molar-refractivity contribution >= 4 is 22.6 Å². The van der Waals surface area contributed by atoms with Crippen molar-refractivity contribution < 1.29 is 18.6 Å². The molecule has 0 bridgehead atoms. The number of nitrogens with zero attached hydrogens (tertiary/aromatic N) is 1. The summed E-state index contributed by atoms with van der Waals surface area (Å²) in [4.78, 5) is 30.3. The number of fused-ring (bicyclic) bond motifs is 1. The predicted octanol–water partition coefficient (Wildman–Crippen LogP) is 2.37.